The minimum absolute atomic E-state index is 0.0848. The molecule has 0 fully saturated rings. The molecule has 0 unspecified atom stereocenters. The van der Waals surface area contributed by atoms with Crippen LogP contribution in [-0.4, -0.2) is 19.0 Å². The van der Waals surface area contributed by atoms with Crippen LogP contribution < -0.4 is 9.47 Å². The van der Waals surface area contributed by atoms with Gasteiger partial charge in [-0.2, -0.15) is 0 Å². The van der Waals surface area contributed by atoms with Gasteiger partial charge in [-0.1, -0.05) is 155 Å². The topological polar surface area (TPSA) is 35.5 Å². The van der Waals surface area contributed by atoms with Crippen LogP contribution in [0.25, 0.3) is 11.1 Å². The maximum Gasteiger partial charge on any atom is 0.194 e. The molecular formula is C41H64O3. The monoisotopic (exact) mass is 604 g/mol. The largest absolute Gasteiger partial charge is 0.494 e. The van der Waals surface area contributed by atoms with Crippen LogP contribution >= 0.6 is 0 Å². The van der Waals surface area contributed by atoms with Gasteiger partial charge >= 0.3 is 0 Å². The Balaban J connectivity index is 1.25. The molecule has 0 spiro atoms. The molecule has 0 amide bonds. The molecular weight excluding hydrogens is 540 g/mol. The molecule has 246 valence electrons. The van der Waals surface area contributed by atoms with Gasteiger partial charge in [-0.3, -0.25) is 4.79 Å². The average molecular weight is 605 g/mol. The average Bonchev–Trinajstić information content (AvgIpc) is 3.32. The highest BCUT2D eigenvalue weighted by Gasteiger charge is 2.27. The van der Waals surface area contributed by atoms with Crippen molar-refractivity contribution in [2.24, 2.45) is 0 Å². The van der Waals surface area contributed by atoms with Gasteiger partial charge in [0.25, 0.3) is 0 Å². The summed E-state index contributed by atoms with van der Waals surface area (Å²) in [6.45, 7) is 5.99. The Kier molecular flexibility index (Phi) is 19.0. The van der Waals surface area contributed by atoms with E-state index in [-0.39, 0.29) is 5.78 Å². The molecule has 2 aromatic carbocycles. The molecule has 3 heteroatoms. The van der Waals surface area contributed by atoms with Crippen LogP contribution in [0.5, 0.6) is 11.5 Å². The van der Waals surface area contributed by atoms with E-state index in [2.05, 4.69) is 13.8 Å². The first-order valence-corrected chi connectivity index (χ1v) is 18.8. The van der Waals surface area contributed by atoms with E-state index in [1.165, 1.54) is 141 Å². The minimum atomic E-state index is 0.0848. The lowest BCUT2D eigenvalue weighted by atomic mass is 10.1. The summed E-state index contributed by atoms with van der Waals surface area (Å²) in [5.41, 5.74) is 3.53. The van der Waals surface area contributed by atoms with Gasteiger partial charge in [0, 0.05) is 11.1 Å². The van der Waals surface area contributed by atoms with Gasteiger partial charge in [-0.25, -0.2) is 0 Å². The smallest absolute Gasteiger partial charge is 0.194 e. The summed E-state index contributed by atoms with van der Waals surface area (Å²) in [5, 5.41) is 0. The van der Waals surface area contributed by atoms with E-state index in [0.717, 1.165) is 46.6 Å². The molecule has 0 N–H and O–H groups in total. The van der Waals surface area contributed by atoms with Crippen molar-refractivity contribution >= 4 is 5.78 Å². The van der Waals surface area contributed by atoms with E-state index in [0.29, 0.717) is 13.2 Å². The van der Waals surface area contributed by atoms with E-state index < -0.39 is 0 Å². The van der Waals surface area contributed by atoms with E-state index in [1.807, 2.05) is 36.4 Å². The summed E-state index contributed by atoms with van der Waals surface area (Å²) in [6, 6.07) is 12.0. The number of ketones is 1. The van der Waals surface area contributed by atoms with Crippen molar-refractivity contribution in [2.45, 2.75) is 168 Å². The maximum atomic E-state index is 13.3. The highest BCUT2D eigenvalue weighted by molar-refractivity contribution is 6.22. The number of carbonyl (C=O) groups excluding carboxylic acids is 1. The second kappa shape index (κ2) is 23.1. The number of rotatable bonds is 28. The summed E-state index contributed by atoms with van der Waals surface area (Å²) in [5.74, 6) is 1.69. The summed E-state index contributed by atoms with van der Waals surface area (Å²) >= 11 is 0. The molecule has 2 aromatic rings. The van der Waals surface area contributed by atoms with Crippen molar-refractivity contribution in [1.82, 2.24) is 0 Å². The van der Waals surface area contributed by atoms with Crippen molar-refractivity contribution in [1.29, 1.82) is 0 Å². The van der Waals surface area contributed by atoms with Crippen LogP contribution in [0.1, 0.15) is 184 Å². The lowest BCUT2D eigenvalue weighted by Gasteiger charge is -2.08. The van der Waals surface area contributed by atoms with Crippen molar-refractivity contribution in [3.63, 3.8) is 0 Å². The molecule has 0 heterocycles. The Hall–Kier alpha value is -2.29. The lowest BCUT2D eigenvalue weighted by molar-refractivity contribution is 0.104. The van der Waals surface area contributed by atoms with Crippen molar-refractivity contribution in [3.8, 4) is 22.6 Å². The first-order valence-electron chi connectivity index (χ1n) is 18.8. The molecule has 3 nitrogen and oxygen atoms in total. The Labute approximate surface area is 270 Å². The number of unbranched alkanes of at least 4 members (excludes halogenated alkanes) is 22. The van der Waals surface area contributed by atoms with Crippen LogP contribution in [0.2, 0.25) is 0 Å². The van der Waals surface area contributed by atoms with Crippen LogP contribution in [0.3, 0.4) is 0 Å². The second-order valence-electron chi connectivity index (χ2n) is 13.2. The standard InChI is InChI=1S/C41H64O3/c1-3-5-7-9-11-13-15-17-19-21-23-25-31-43-35-27-29-37-38-30-28-36(34-40(38)41(42)39(37)33-35)44-32-26-24-22-20-18-16-14-12-10-8-6-4-2/h27-30,33-34H,3-26,31-32H2,1-2H3. The Morgan fingerprint density at radius 1 is 0.386 bits per heavy atom. The number of carbonyl (C=O) groups is 1. The molecule has 1 aliphatic carbocycles. The van der Waals surface area contributed by atoms with Gasteiger partial charge in [-0.15, -0.1) is 0 Å². The highest BCUT2D eigenvalue weighted by atomic mass is 16.5. The zero-order chi connectivity index (χ0) is 31.1. The SMILES string of the molecule is CCCCCCCCCCCCCCOc1ccc2c(c1)C(=O)c1cc(OCCCCCCCCCCCCCC)ccc1-2. The van der Waals surface area contributed by atoms with Gasteiger partial charge in [0.05, 0.1) is 13.2 Å². The van der Waals surface area contributed by atoms with Gasteiger partial charge in [-0.05, 0) is 60.4 Å². The van der Waals surface area contributed by atoms with Crippen molar-refractivity contribution in [2.75, 3.05) is 13.2 Å². The molecule has 3 rings (SSSR count). The van der Waals surface area contributed by atoms with Gasteiger partial charge in [0.15, 0.2) is 5.78 Å². The van der Waals surface area contributed by atoms with Crippen LogP contribution in [0.15, 0.2) is 36.4 Å². The molecule has 0 bridgehead atoms. The first kappa shape index (κ1) is 36.2. The number of ether oxygens (including phenoxy) is 2. The zero-order valence-electron chi connectivity index (χ0n) is 28.6. The molecule has 0 aliphatic heterocycles. The Morgan fingerprint density at radius 3 is 1.00 bits per heavy atom. The molecule has 1 aliphatic rings. The second-order valence-corrected chi connectivity index (χ2v) is 13.2. The quantitative estimate of drug-likeness (QED) is 0.0773. The van der Waals surface area contributed by atoms with Crippen LogP contribution in [0.4, 0.5) is 0 Å². The third-order valence-corrected chi connectivity index (χ3v) is 9.29. The molecule has 0 aromatic heterocycles. The maximum absolute atomic E-state index is 13.3. The fourth-order valence-electron chi connectivity index (χ4n) is 6.48. The van der Waals surface area contributed by atoms with Crippen molar-refractivity contribution in [3.05, 3.63) is 47.5 Å². The predicted octanol–water partition coefficient (Wildman–Crippen LogP) is 13.1. The number of benzene rings is 2. The van der Waals surface area contributed by atoms with Crippen molar-refractivity contribution < 1.29 is 14.3 Å². The van der Waals surface area contributed by atoms with E-state index in [4.69, 9.17) is 9.47 Å². The normalized spacial score (nSPS) is 12.0. The van der Waals surface area contributed by atoms with Gasteiger partial charge < -0.3 is 9.47 Å². The van der Waals surface area contributed by atoms with Gasteiger partial charge in [0.1, 0.15) is 11.5 Å². The summed E-state index contributed by atoms with van der Waals surface area (Å²) in [4.78, 5) is 13.3. The van der Waals surface area contributed by atoms with E-state index >= 15 is 0 Å². The molecule has 0 atom stereocenters. The number of hydrogen-bond acceptors (Lipinski definition) is 3. The Bertz CT molecular complexity index is 961. The van der Waals surface area contributed by atoms with E-state index in [9.17, 15) is 4.79 Å². The zero-order valence-corrected chi connectivity index (χ0v) is 28.6. The summed E-state index contributed by atoms with van der Waals surface area (Å²) in [6.07, 6.45) is 32.1. The number of fused-ring (bicyclic) bond motifs is 3. The third-order valence-electron chi connectivity index (χ3n) is 9.29. The molecule has 0 saturated carbocycles. The summed E-state index contributed by atoms with van der Waals surface area (Å²) in [7, 11) is 0. The molecule has 0 radical (unpaired) electrons. The number of hydrogen-bond donors (Lipinski definition) is 0. The van der Waals surface area contributed by atoms with Crippen LogP contribution in [0, 0.1) is 0 Å². The van der Waals surface area contributed by atoms with E-state index in [1.54, 1.807) is 0 Å². The van der Waals surface area contributed by atoms with Crippen LogP contribution in [-0.2, 0) is 0 Å². The first-order chi connectivity index (χ1) is 21.7. The molecule has 44 heavy (non-hydrogen) atoms. The molecule has 0 saturated heterocycles. The fraction of sp³-hybridized carbons (Fsp3) is 0.683. The minimum Gasteiger partial charge on any atom is -0.494 e. The third kappa shape index (κ3) is 13.8. The fourth-order valence-corrected chi connectivity index (χ4v) is 6.48. The Morgan fingerprint density at radius 2 is 0.682 bits per heavy atom. The summed E-state index contributed by atoms with van der Waals surface area (Å²) < 4.78 is 12.1. The highest BCUT2D eigenvalue weighted by Crippen LogP contribution is 2.40. The van der Waals surface area contributed by atoms with Gasteiger partial charge in [0.2, 0.25) is 0 Å². The lowest BCUT2D eigenvalue weighted by Crippen LogP contribution is -2.01. The predicted molar refractivity (Wildman–Crippen MR) is 188 cm³/mol.